The van der Waals surface area contributed by atoms with Crippen LogP contribution in [0.2, 0.25) is 0 Å². The lowest BCUT2D eigenvalue weighted by Gasteiger charge is -2.28. The Morgan fingerprint density at radius 1 is 1.08 bits per heavy atom. The van der Waals surface area contributed by atoms with E-state index in [1.807, 2.05) is 6.92 Å². The third-order valence-electron chi connectivity index (χ3n) is 4.78. The lowest BCUT2D eigenvalue weighted by molar-refractivity contribution is 0.0369. The van der Waals surface area contributed by atoms with Gasteiger partial charge < -0.3 is 10.0 Å². The average Bonchev–Trinajstić information content (AvgIpc) is 2.56. The molecule has 1 N–H and O–H groups in total. The molecule has 0 aromatic heterocycles. The molecule has 0 amide bonds. The van der Waals surface area contributed by atoms with Crippen LogP contribution in [-0.2, 0) is 5.60 Å². The third-order valence-corrected chi connectivity index (χ3v) is 5.84. The third kappa shape index (κ3) is 5.29. The molecule has 0 heterocycles. The molecule has 0 radical (unpaired) electrons. The maximum atomic E-state index is 10.8. The summed E-state index contributed by atoms with van der Waals surface area (Å²) in [5, 5.41) is 10.8. The number of halogens is 2. The highest BCUT2D eigenvalue weighted by Crippen LogP contribution is 2.36. The van der Waals surface area contributed by atoms with Gasteiger partial charge in [0.25, 0.3) is 0 Å². The molecule has 1 unspecified atom stereocenters. The summed E-state index contributed by atoms with van der Waals surface area (Å²) in [6, 6.07) is 8.36. The maximum Gasteiger partial charge on any atom is 0.116 e. The summed E-state index contributed by atoms with van der Waals surface area (Å²) in [7, 11) is 0. The zero-order valence-electron chi connectivity index (χ0n) is 14.7. The molecule has 4 heteroatoms. The first kappa shape index (κ1) is 19.9. The Balaban J connectivity index is 2.04. The maximum absolute atomic E-state index is 10.8. The van der Waals surface area contributed by atoms with Crippen LogP contribution in [0.25, 0.3) is 0 Å². The largest absolute Gasteiger partial charge is 0.385 e. The number of aliphatic hydroxyl groups is 1. The molecule has 0 saturated heterocycles. The van der Waals surface area contributed by atoms with Crippen molar-refractivity contribution in [3.63, 3.8) is 0 Å². The number of rotatable bonds is 7. The highest BCUT2D eigenvalue weighted by molar-refractivity contribution is 9.25. The monoisotopic (exact) mass is 455 g/mol. The fourth-order valence-electron chi connectivity index (χ4n) is 2.93. The molecule has 2 rings (SSSR count). The normalized spacial score (nSPS) is 19.6. The van der Waals surface area contributed by atoms with Gasteiger partial charge in [-0.15, -0.1) is 0 Å². The van der Waals surface area contributed by atoms with E-state index in [1.54, 1.807) is 0 Å². The molecule has 0 aliphatic heterocycles. The standard InChI is InChI=1S/C20H27Br2NO/c1-4-23(5-2)15-14-19(3,24)18-8-6-16(7-9-18)17-10-12-20(21,22)13-11-17/h6-13,17,24H,4-5,14-15H2,1-3H3. The highest BCUT2D eigenvalue weighted by Gasteiger charge is 2.24. The predicted molar refractivity (Wildman–Crippen MR) is 110 cm³/mol. The van der Waals surface area contributed by atoms with Crippen molar-refractivity contribution in [2.24, 2.45) is 0 Å². The van der Waals surface area contributed by atoms with Crippen LogP contribution in [0.15, 0.2) is 48.6 Å². The minimum absolute atomic E-state index is 0.218. The Morgan fingerprint density at radius 3 is 2.12 bits per heavy atom. The first-order valence-electron chi connectivity index (χ1n) is 8.59. The Hall–Kier alpha value is -0.420. The number of allylic oxidation sites excluding steroid dienone is 4. The Bertz CT molecular complexity index is 570. The molecule has 0 fully saturated rings. The van der Waals surface area contributed by atoms with E-state index in [4.69, 9.17) is 0 Å². The summed E-state index contributed by atoms with van der Waals surface area (Å²) in [4.78, 5) is 2.34. The van der Waals surface area contributed by atoms with E-state index in [0.29, 0.717) is 0 Å². The number of hydrogen-bond acceptors (Lipinski definition) is 2. The summed E-state index contributed by atoms with van der Waals surface area (Å²) in [5.74, 6) is 0.280. The molecule has 1 aliphatic rings. The Kier molecular flexibility index (Phi) is 6.89. The van der Waals surface area contributed by atoms with E-state index in [2.05, 4.69) is 99.2 Å². The van der Waals surface area contributed by atoms with E-state index < -0.39 is 5.60 Å². The van der Waals surface area contributed by atoms with Crippen molar-refractivity contribution in [3.8, 4) is 0 Å². The fourth-order valence-corrected chi connectivity index (χ4v) is 3.54. The van der Waals surface area contributed by atoms with Crippen molar-refractivity contribution < 1.29 is 5.11 Å². The summed E-state index contributed by atoms with van der Waals surface area (Å²) < 4.78 is -0.218. The molecule has 1 aromatic carbocycles. The Morgan fingerprint density at radius 2 is 1.62 bits per heavy atom. The van der Waals surface area contributed by atoms with Crippen LogP contribution in [0.5, 0.6) is 0 Å². The van der Waals surface area contributed by atoms with Crippen LogP contribution >= 0.6 is 31.9 Å². The zero-order valence-corrected chi connectivity index (χ0v) is 17.8. The number of hydrogen-bond donors (Lipinski definition) is 1. The average molecular weight is 457 g/mol. The van der Waals surface area contributed by atoms with Gasteiger partial charge in [0.1, 0.15) is 3.23 Å². The van der Waals surface area contributed by atoms with Gasteiger partial charge >= 0.3 is 0 Å². The lowest BCUT2D eigenvalue weighted by atomic mass is 9.88. The van der Waals surface area contributed by atoms with Gasteiger partial charge in [-0.25, -0.2) is 0 Å². The van der Waals surface area contributed by atoms with Crippen LogP contribution in [0.1, 0.15) is 44.2 Å². The highest BCUT2D eigenvalue weighted by atomic mass is 79.9. The summed E-state index contributed by atoms with van der Waals surface area (Å²) >= 11 is 7.15. The van der Waals surface area contributed by atoms with E-state index in [0.717, 1.165) is 31.6 Å². The molecule has 2 nitrogen and oxygen atoms in total. The molecule has 1 aromatic rings. The minimum Gasteiger partial charge on any atom is -0.385 e. The van der Waals surface area contributed by atoms with Crippen molar-refractivity contribution in [1.29, 1.82) is 0 Å². The summed E-state index contributed by atoms with van der Waals surface area (Å²) in [6.07, 6.45) is 9.30. The van der Waals surface area contributed by atoms with Crippen molar-refractivity contribution >= 4 is 31.9 Å². The van der Waals surface area contributed by atoms with Gasteiger partial charge in [0.2, 0.25) is 0 Å². The van der Waals surface area contributed by atoms with Crippen LogP contribution in [0, 0.1) is 0 Å². The van der Waals surface area contributed by atoms with Gasteiger partial charge in [-0.1, -0.05) is 94.3 Å². The van der Waals surface area contributed by atoms with Gasteiger partial charge in [-0.2, -0.15) is 0 Å². The topological polar surface area (TPSA) is 23.5 Å². The smallest absolute Gasteiger partial charge is 0.116 e. The van der Waals surface area contributed by atoms with Gasteiger partial charge in [-0.05, 0) is 37.6 Å². The quantitative estimate of drug-likeness (QED) is 0.443. The second-order valence-corrected chi connectivity index (χ2v) is 10.3. The second-order valence-electron chi connectivity index (χ2n) is 6.59. The molecule has 1 atom stereocenters. The van der Waals surface area contributed by atoms with Gasteiger partial charge in [-0.3, -0.25) is 0 Å². The van der Waals surface area contributed by atoms with Crippen molar-refractivity contribution in [2.75, 3.05) is 19.6 Å². The molecular weight excluding hydrogens is 430 g/mol. The summed E-state index contributed by atoms with van der Waals surface area (Å²) in [6.45, 7) is 9.19. The first-order valence-corrected chi connectivity index (χ1v) is 10.2. The van der Waals surface area contributed by atoms with Gasteiger partial charge in [0, 0.05) is 12.5 Å². The van der Waals surface area contributed by atoms with Gasteiger partial charge in [0.15, 0.2) is 0 Å². The van der Waals surface area contributed by atoms with Crippen molar-refractivity contribution in [2.45, 2.75) is 41.9 Å². The zero-order chi connectivity index (χ0) is 17.8. The predicted octanol–water partition coefficient (Wildman–Crippen LogP) is 5.32. The molecule has 0 bridgehead atoms. The van der Waals surface area contributed by atoms with E-state index in [1.165, 1.54) is 5.56 Å². The molecule has 24 heavy (non-hydrogen) atoms. The Labute approximate surface area is 162 Å². The number of alkyl halides is 2. The molecular formula is C20H27Br2NO. The van der Waals surface area contributed by atoms with E-state index in [-0.39, 0.29) is 9.15 Å². The SMILES string of the molecule is CCN(CC)CCC(C)(O)c1ccc(C2C=CC(Br)(Br)C=C2)cc1. The number of benzene rings is 1. The fraction of sp³-hybridized carbons (Fsp3) is 0.500. The van der Waals surface area contributed by atoms with Crippen LogP contribution < -0.4 is 0 Å². The van der Waals surface area contributed by atoms with E-state index >= 15 is 0 Å². The lowest BCUT2D eigenvalue weighted by Crippen LogP contribution is -2.31. The molecule has 0 spiro atoms. The van der Waals surface area contributed by atoms with Crippen LogP contribution in [0.3, 0.4) is 0 Å². The number of nitrogens with zero attached hydrogens (tertiary/aromatic N) is 1. The minimum atomic E-state index is -0.791. The van der Waals surface area contributed by atoms with Crippen LogP contribution in [-0.4, -0.2) is 32.9 Å². The van der Waals surface area contributed by atoms with Gasteiger partial charge in [0.05, 0.1) is 5.60 Å². The molecule has 1 aliphatic carbocycles. The van der Waals surface area contributed by atoms with Crippen LogP contribution in [0.4, 0.5) is 0 Å². The van der Waals surface area contributed by atoms with E-state index in [9.17, 15) is 5.11 Å². The summed E-state index contributed by atoms with van der Waals surface area (Å²) in [5.41, 5.74) is 1.43. The molecule has 0 saturated carbocycles. The second kappa shape index (κ2) is 8.31. The first-order chi connectivity index (χ1) is 11.3. The van der Waals surface area contributed by atoms with Crippen molar-refractivity contribution in [1.82, 2.24) is 4.90 Å². The molecule has 132 valence electrons. The van der Waals surface area contributed by atoms with Crippen molar-refractivity contribution in [3.05, 3.63) is 59.7 Å².